The summed E-state index contributed by atoms with van der Waals surface area (Å²) >= 11 is 0. The highest BCUT2D eigenvalue weighted by Gasteiger charge is 2.41. The van der Waals surface area contributed by atoms with Crippen LogP contribution in [0.2, 0.25) is 0 Å². The predicted molar refractivity (Wildman–Crippen MR) is 77.7 cm³/mol. The van der Waals surface area contributed by atoms with Gasteiger partial charge in [-0.05, 0) is 37.5 Å². The normalized spacial score (nSPS) is 13.8. The van der Waals surface area contributed by atoms with E-state index >= 15 is 0 Å². The third-order valence-electron chi connectivity index (χ3n) is 3.70. The smallest absolute Gasteiger partial charge is 0.345 e. The Labute approximate surface area is 118 Å². The lowest BCUT2D eigenvalue weighted by molar-refractivity contribution is -0.155. The highest BCUT2D eigenvalue weighted by Crippen LogP contribution is 2.34. The molecule has 2 aromatic rings. The summed E-state index contributed by atoms with van der Waals surface area (Å²) in [7, 11) is 0. The summed E-state index contributed by atoms with van der Waals surface area (Å²) in [4.78, 5) is 11.7. The third-order valence-corrected chi connectivity index (χ3v) is 3.70. The van der Waals surface area contributed by atoms with Gasteiger partial charge in [-0.15, -0.1) is 0 Å². The van der Waals surface area contributed by atoms with Gasteiger partial charge in [0.25, 0.3) is 0 Å². The maximum absolute atomic E-state index is 11.7. The Morgan fingerprint density at radius 2 is 1.65 bits per heavy atom. The second-order valence-electron chi connectivity index (χ2n) is 5.14. The van der Waals surface area contributed by atoms with Crippen LogP contribution in [0, 0.1) is 20.8 Å². The maximum atomic E-state index is 11.7. The molecule has 0 aliphatic carbocycles. The van der Waals surface area contributed by atoms with Crippen molar-refractivity contribution in [2.75, 3.05) is 0 Å². The summed E-state index contributed by atoms with van der Waals surface area (Å²) in [5.74, 6) is -1.27. The molecule has 104 valence electrons. The third kappa shape index (κ3) is 2.21. The molecule has 0 amide bonds. The molecule has 1 atom stereocenters. The molecule has 0 saturated carbocycles. The van der Waals surface area contributed by atoms with Crippen LogP contribution in [0.3, 0.4) is 0 Å². The molecular weight excluding hydrogens is 252 g/mol. The van der Waals surface area contributed by atoms with E-state index in [2.05, 4.69) is 0 Å². The maximum Gasteiger partial charge on any atom is 0.345 e. The van der Waals surface area contributed by atoms with Gasteiger partial charge in [-0.2, -0.15) is 0 Å². The minimum absolute atomic E-state index is 0.362. The molecule has 0 radical (unpaired) electrons. The molecule has 0 aliphatic heterocycles. The van der Waals surface area contributed by atoms with Crippen LogP contribution < -0.4 is 0 Å². The van der Waals surface area contributed by atoms with Crippen LogP contribution in [0.25, 0.3) is 0 Å². The Balaban J connectivity index is 2.76. The zero-order valence-corrected chi connectivity index (χ0v) is 11.8. The van der Waals surface area contributed by atoms with E-state index in [4.69, 9.17) is 0 Å². The van der Waals surface area contributed by atoms with Crippen LogP contribution in [0.5, 0.6) is 0 Å². The fraction of sp³-hybridized carbons (Fsp3) is 0.235. The van der Waals surface area contributed by atoms with Crippen LogP contribution >= 0.6 is 0 Å². The van der Waals surface area contributed by atoms with E-state index in [0.29, 0.717) is 11.1 Å². The van der Waals surface area contributed by atoms with Gasteiger partial charge in [0.1, 0.15) is 0 Å². The summed E-state index contributed by atoms with van der Waals surface area (Å²) in [5.41, 5.74) is 1.45. The average Bonchev–Trinajstić information content (AvgIpc) is 2.42. The molecule has 3 heteroatoms. The van der Waals surface area contributed by atoms with E-state index in [9.17, 15) is 15.0 Å². The van der Waals surface area contributed by atoms with Gasteiger partial charge in [0.15, 0.2) is 0 Å². The van der Waals surface area contributed by atoms with Gasteiger partial charge in [-0.1, -0.05) is 48.0 Å². The van der Waals surface area contributed by atoms with Gasteiger partial charge in [-0.3, -0.25) is 0 Å². The van der Waals surface area contributed by atoms with E-state index in [1.807, 2.05) is 26.8 Å². The number of carbonyl (C=O) groups is 1. The molecular formula is C17H18O3. The first-order valence-electron chi connectivity index (χ1n) is 6.47. The highest BCUT2D eigenvalue weighted by atomic mass is 16.4. The first-order valence-corrected chi connectivity index (χ1v) is 6.47. The van der Waals surface area contributed by atoms with E-state index in [-0.39, 0.29) is 0 Å². The highest BCUT2D eigenvalue weighted by molar-refractivity contribution is 5.84. The van der Waals surface area contributed by atoms with Crippen LogP contribution in [0.15, 0.2) is 42.5 Å². The van der Waals surface area contributed by atoms with Crippen LogP contribution in [-0.2, 0) is 10.4 Å². The molecule has 2 aromatic carbocycles. The van der Waals surface area contributed by atoms with E-state index in [1.54, 1.807) is 36.4 Å². The predicted octanol–water partition coefficient (Wildman–Crippen LogP) is 2.93. The Bertz CT molecular complexity index is 647. The summed E-state index contributed by atoms with van der Waals surface area (Å²) in [6.07, 6.45) is 0. The van der Waals surface area contributed by atoms with E-state index in [0.717, 1.165) is 16.7 Å². The van der Waals surface area contributed by atoms with Crippen molar-refractivity contribution < 1.29 is 15.0 Å². The van der Waals surface area contributed by atoms with E-state index < -0.39 is 11.6 Å². The fourth-order valence-corrected chi connectivity index (χ4v) is 2.49. The van der Waals surface area contributed by atoms with Crippen molar-refractivity contribution in [2.45, 2.75) is 26.4 Å². The van der Waals surface area contributed by atoms with Gasteiger partial charge in [0.2, 0.25) is 5.60 Å². The molecule has 0 unspecified atom stereocenters. The second kappa shape index (κ2) is 5.10. The van der Waals surface area contributed by atoms with Crippen molar-refractivity contribution in [1.82, 2.24) is 0 Å². The van der Waals surface area contributed by atoms with Crippen molar-refractivity contribution >= 4 is 5.97 Å². The van der Waals surface area contributed by atoms with Gasteiger partial charge in [-0.25, -0.2) is 4.79 Å². The molecule has 0 aliphatic rings. The first-order chi connectivity index (χ1) is 9.37. The number of aryl methyl sites for hydroxylation is 2. The standard InChI is InChI=1S/C17H18O3/c1-11-9-12(2)13(3)15(10-11)17(20,16(18)19)14-7-5-4-6-8-14/h4-10,20H,1-3H3,(H,18,19)/t17-/m1/s1. The number of carboxylic acid groups (broad SMARTS) is 1. The molecule has 0 fully saturated rings. The van der Waals surface area contributed by atoms with Gasteiger partial charge in [0, 0.05) is 5.56 Å². The van der Waals surface area contributed by atoms with Crippen molar-refractivity contribution in [3.8, 4) is 0 Å². The average molecular weight is 270 g/mol. The number of hydrogen-bond acceptors (Lipinski definition) is 2. The van der Waals surface area contributed by atoms with Crippen molar-refractivity contribution in [1.29, 1.82) is 0 Å². The lowest BCUT2D eigenvalue weighted by atomic mass is 9.82. The van der Waals surface area contributed by atoms with Crippen LogP contribution in [-0.4, -0.2) is 16.2 Å². The van der Waals surface area contributed by atoms with Gasteiger partial charge >= 0.3 is 5.97 Å². The minimum atomic E-state index is -2.03. The monoisotopic (exact) mass is 270 g/mol. The Hall–Kier alpha value is -2.13. The number of aliphatic hydroxyl groups is 1. The second-order valence-corrected chi connectivity index (χ2v) is 5.14. The van der Waals surface area contributed by atoms with Crippen molar-refractivity contribution in [3.63, 3.8) is 0 Å². The summed E-state index contributed by atoms with van der Waals surface area (Å²) in [5, 5.41) is 20.5. The summed E-state index contributed by atoms with van der Waals surface area (Å²) in [6, 6.07) is 12.2. The Morgan fingerprint density at radius 3 is 2.20 bits per heavy atom. The molecule has 20 heavy (non-hydrogen) atoms. The molecule has 0 aromatic heterocycles. The molecule has 0 spiro atoms. The molecule has 2 N–H and O–H groups in total. The molecule has 3 nitrogen and oxygen atoms in total. The Morgan fingerprint density at radius 1 is 1.05 bits per heavy atom. The van der Waals surface area contributed by atoms with E-state index in [1.165, 1.54) is 0 Å². The van der Waals surface area contributed by atoms with Gasteiger partial charge < -0.3 is 10.2 Å². The number of carboxylic acids is 1. The molecule has 0 heterocycles. The number of hydrogen-bond donors (Lipinski definition) is 2. The summed E-state index contributed by atoms with van der Waals surface area (Å²) < 4.78 is 0. The van der Waals surface area contributed by atoms with Gasteiger partial charge in [0.05, 0.1) is 0 Å². The molecule has 2 rings (SSSR count). The Kier molecular flexibility index (Phi) is 3.64. The zero-order chi connectivity index (χ0) is 14.9. The topological polar surface area (TPSA) is 57.5 Å². The van der Waals surface area contributed by atoms with Crippen molar-refractivity contribution in [2.24, 2.45) is 0 Å². The van der Waals surface area contributed by atoms with Crippen molar-refractivity contribution in [3.05, 3.63) is 70.3 Å². The number of benzene rings is 2. The van der Waals surface area contributed by atoms with Crippen LogP contribution in [0.1, 0.15) is 27.8 Å². The summed E-state index contributed by atoms with van der Waals surface area (Å²) in [6.45, 7) is 5.64. The number of aliphatic carboxylic acids is 1. The molecule has 0 saturated heterocycles. The fourth-order valence-electron chi connectivity index (χ4n) is 2.49. The molecule has 0 bridgehead atoms. The van der Waals surface area contributed by atoms with Crippen LogP contribution in [0.4, 0.5) is 0 Å². The lowest BCUT2D eigenvalue weighted by Crippen LogP contribution is -2.37. The lowest BCUT2D eigenvalue weighted by Gasteiger charge is -2.27. The minimum Gasteiger partial charge on any atom is -0.479 e. The first kappa shape index (κ1) is 14.3. The largest absolute Gasteiger partial charge is 0.479 e. The zero-order valence-electron chi connectivity index (χ0n) is 11.8. The number of rotatable bonds is 3. The quantitative estimate of drug-likeness (QED) is 0.901. The SMILES string of the molecule is Cc1cc(C)c(C)c([C@@](O)(C(=O)O)c2ccccc2)c1.